The zero-order valence-electron chi connectivity index (χ0n) is 11.0. The summed E-state index contributed by atoms with van der Waals surface area (Å²) in [6, 6.07) is 3.07. The molecule has 0 aliphatic heterocycles. The highest BCUT2D eigenvalue weighted by atomic mass is 35.5. The number of nitrogens with zero attached hydrogens (tertiary/aromatic N) is 4. The maximum Gasteiger partial charge on any atom is 0.445 e. The van der Waals surface area contributed by atoms with Crippen molar-refractivity contribution >= 4 is 34.5 Å². The number of carbonyl (C=O) groups is 1. The highest BCUT2D eigenvalue weighted by molar-refractivity contribution is 7.13. The maximum atomic E-state index is 12.3. The highest BCUT2D eigenvalue weighted by Gasteiger charge is 2.36. The van der Waals surface area contributed by atoms with Gasteiger partial charge in [-0.1, -0.05) is 28.0 Å². The van der Waals surface area contributed by atoms with E-state index < -0.39 is 23.7 Å². The standard InChI is InChI=1S/C11H8ClF3N4O2S/c1-19(6-2-3-7(12)16-4-6)8(20)5-21-10-18-17-9(22-10)11(13,14)15/h2-4H,5H2,1H3. The lowest BCUT2D eigenvalue weighted by Crippen LogP contribution is -2.31. The molecule has 0 saturated heterocycles. The molecule has 0 aliphatic carbocycles. The van der Waals surface area contributed by atoms with Crippen LogP contribution in [0.1, 0.15) is 5.01 Å². The van der Waals surface area contributed by atoms with Crippen LogP contribution in [-0.2, 0) is 11.0 Å². The van der Waals surface area contributed by atoms with Crippen LogP contribution in [-0.4, -0.2) is 34.7 Å². The van der Waals surface area contributed by atoms with Crippen molar-refractivity contribution in [2.24, 2.45) is 0 Å². The summed E-state index contributed by atoms with van der Waals surface area (Å²) < 4.78 is 41.9. The SMILES string of the molecule is CN(C(=O)COc1nnc(C(F)(F)F)s1)c1ccc(Cl)nc1. The van der Waals surface area contributed by atoms with Gasteiger partial charge in [0.25, 0.3) is 11.1 Å². The first kappa shape index (κ1) is 16.4. The summed E-state index contributed by atoms with van der Waals surface area (Å²) in [4.78, 5) is 16.9. The molecule has 2 heterocycles. The second-order valence-corrected chi connectivity index (χ2v) is 5.28. The molecule has 0 bridgehead atoms. The summed E-state index contributed by atoms with van der Waals surface area (Å²) in [5.41, 5.74) is 0.464. The average molecular weight is 353 g/mol. The quantitative estimate of drug-likeness (QED) is 0.791. The molecule has 0 unspecified atom stereocenters. The van der Waals surface area contributed by atoms with Gasteiger partial charge in [-0.25, -0.2) is 4.98 Å². The van der Waals surface area contributed by atoms with Crippen molar-refractivity contribution in [1.29, 1.82) is 0 Å². The molecule has 11 heteroatoms. The smallest absolute Gasteiger partial charge is 0.445 e. The van der Waals surface area contributed by atoms with E-state index in [1.165, 1.54) is 24.2 Å². The Morgan fingerprint density at radius 1 is 1.41 bits per heavy atom. The second-order valence-electron chi connectivity index (χ2n) is 3.95. The van der Waals surface area contributed by atoms with Crippen LogP contribution in [0.25, 0.3) is 0 Å². The molecule has 0 radical (unpaired) electrons. The molecule has 2 aromatic rings. The van der Waals surface area contributed by atoms with Crippen LogP contribution in [0.2, 0.25) is 5.15 Å². The van der Waals surface area contributed by atoms with Crippen LogP contribution in [0.15, 0.2) is 18.3 Å². The lowest BCUT2D eigenvalue weighted by molar-refractivity contribution is -0.138. The molecular formula is C11H8ClF3N4O2S. The molecule has 0 aliphatic rings. The molecule has 22 heavy (non-hydrogen) atoms. The first-order valence-electron chi connectivity index (χ1n) is 5.69. The van der Waals surface area contributed by atoms with Gasteiger partial charge in [-0.15, -0.1) is 5.10 Å². The number of alkyl halides is 3. The number of amides is 1. The summed E-state index contributed by atoms with van der Waals surface area (Å²) in [5.74, 6) is -0.493. The number of hydrogen-bond acceptors (Lipinski definition) is 6. The Morgan fingerprint density at radius 3 is 2.68 bits per heavy atom. The molecule has 118 valence electrons. The van der Waals surface area contributed by atoms with E-state index in [0.717, 1.165) is 0 Å². The fourth-order valence-electron chi connectivity index (χ4n) is 1.31. The Labute approximate surface area is 131 Å². The number of halogens is 4. The molecule has 2 aromatic heterocycles. The van der Waals surface area contributed by atoms with Crippen molar-refractivity contribution in [3.63, 3.8) is 0 Å². The Bertz CT molecular complexity index is 662. The molecule has 1 amide bonds. The van der Waals surface area contributed by atoms with Gasteiger partial charge >= 0.3 is 6.18 Å². The van der Waals surface area contributed by atoms with Crippen LogP contribution in [0.5, 0.6) is 5.19 Å². The lowest BCUT2D eigenvalue weighted by atomic mass is 10.4. The van der Waals surface area contributed by atoms with E-state index in [1.54, 1.807) is 6.07 Å². The van der Waals surface area contributed by atoms with Crippen molar-refractivity contribution in [2.75, 3.05) is 18.6 Å². The fraction of sp³-hybridized carbons (Fsp3) is 0.273. The van der Waals surface area contributed by atoms with E-state index in [0.29, 0.717) is 5.69 Å². The number of likely N-dealkylation sites (N-methyl/N-ethyl adjacent to an activating group) is 1. The van der Waals surface area contributed by atoms with Crippen LogP contribution < -0.4 is 9.64 Å². The molecular weight excluding hydrogens is 345 g/mol. The van der Waals surface area contributed by atoms with Crippen LogP contribution in [0, 0.1) is 0 Å². The normalized spacial score (nSPS) is 11.3. The monoisotopic (exact) mass is 352 g/mol. The number of aromatic nitrogens is 3. The van der Waals surface area contributed by atoms with E-state index in [9.17, 15) is 18.0 Å². The number of pyridine rings is 1. The van der Waals surface area contributed by atoms with E-state index in [4.69, 9.17) is 16.3 Å². The van der Waals surface area contributed by atoms with Crippen molar-refractivity contribution in [2.45, 2.75) is 6.18 Å². The molecule has 0 spiro atoms. The topological polar surface area (TPSA) is 68.2 Å². The van der Waals surface area contributed by atoms with Gasteiger partial charge in [-0.3, -0.25) is 4.79 Å². The minimum atomic E-state index is -4.59. The minimum absolute atomic E-state index is 0.221. The van der Waals surface area contributed by atoms with E-state index in [-0.39, 0.29) is 21.7 Å². The van der Waals surface area contributed by atoms with E-state index in [2.05, 4.69) is 15.2 Å². The number of hydrogen-bond donors (Lipinski definition) is 0. The van der Waals surface area contributed by atoms with Gasteiger partial charge in [0, 0.05) is 7.05 Å². The summed E-state index contributed by atoms with van der Waals surface area (Å²) >= 11 is 5.85. The van der Waals surface area contributed by atoms with Gasteiger partial charge in [0.05, 0.1) is 11.9 Å². The van der Waals surface area contributed by atoms with Gasteiger partial charge in [-0.05, 0) is 12.1 Å². The van der Waals surface area contributed by atoms with Gasteiger partial charge in [0.2, 0.25) is 5.01 Å². The Kier molecular flexibility index (Phi) is 4.81. The van der Waals surface area contributed by atoms with E-state index >= 15 is 0 Å². The van der Waals surface area contributed by atoms with Crippen LogP contribution in [0.4, 0.5) is 18.9 Å². The largest absolute Gasteiger partial charge is 0.459 e. The van der Waals surface area contributed by atoms with Gasteiger partial charge in [-0.2, -0.15) is 13.2 Å². The third-order valence-corrected chi connectivity index (χ3v) is 3.55. The summed E-state index contributed by atoms with van der Waals surface area (Å²) in [7, 11) is 1.47. The minimum Gasteiger partial charge on any atom is -0.459 e. The predicted octanol–water partition coefficient (Wildman–Crippen LogP) is 2.65. The number of rotatable bonds is 4. The van der Waals surface area contributed by atoms with E-state index in [1.807, 2.05) is 0 Å². The zero-order chi connectivity index (χ0) is 16.3. The summed E-state index contributed by atoms with van der Waals surface area (Å²) in [6.07, 6.45) is -3.21. The van der Waals surface area contributed by atoms with Crippen molar-refractivity contribution in [3.05, 3.63) is 28.5 Å². The molecule has 2 rings (SSSR count). The third-order valence-electron chi connectivity index (χ3n) is 2.44. The maximum absolute atomic E-state index is 12.3. The fourth-order valence-corrected chi connectivity index (χ4v) is 1.99. The van der Waals surface area contributed by atoms with Crippen molar-refractivity contribution in [1.82, 2.24) is 15.2 Å². The molecule has 6 nitrogen and oxygen atoms in total. The first-order chi connectivity index (χ1) is 10.3. The van der Waals surface area contributed by atoms with Crippen molar-refractivity contribution in [3.8, 4) is 5.19 Å². The summed E-state index contributed by atoms with van der Waals surface area (Å²) in [5, 5.41) is 4.98. The Morgan fingerprint density at radius 2 is 2.14 bits per heavy atom. The molecule has 0 atom stereocenters. The van der Waals surface area contributed by atoms with Crippen molar-refractivity contribution < 1.29 is 22.7 Å². The number of ether oxygens (including phenoxy) is 1. The summed E-state index contributed by atoms with van der Waals surface area (Å²) in [6.45, 7) is -0.481. The molecule has 0 saturated carbocycles. The third kappa shape index (κ3) is 4.04. The number of carbonyl (C=O) groups excluding carboxylic acids is 1. The highest BCUT2D eigenvalue weighted by Crippen LogP contribution is 2.33. The number of anilines is 1. The van der Waals surface area contributed by atoms with Crippen LogP contribution >= 0.6 is 22.9 Å². The van der Waals surface area contributed by atoms with Gasteiger partial charge in [0.1, 0.15) is 5.15 Å². The first-order valence-corrected chi connectivity index (χ1v) is 6.88. The van der Waals surface area contributed by atoms with Crippen LogP contribution in [0.3, 0.4) is 0 Å². The molecule has 0 N–H and O–H groups in total. The average Bonchev–Trinajstić information content (AvgIpc) is 2.94. The predicted molar refractivity (Wildman–Crippen MR) is 73.1 cm³/mol. The lowest BCUT2D eigenvalue weighted by Gasteiger charge is -2.16. The molecule has 0 fully saturated rings. The second kappa shape index (κ2) is 6.44. The van der Waals surface area contributed by atoms with Gasteiger partial charge in [0.15, 0.2) is 6.61 Å². The molecule has 0 aromatic carbocycles. The Balaban J connectivity index is 1.95. The zero-order valence-corrected chi connectivity index (χ0v) is 12.5. The Hall–Kier alpha value is -1.94. The van der Waals surface area contributed by atoms with Gasteiger partial charge < -0.3 is 9.64 Å².